The van der Waals surface area contributed by atoms with Gasteiger partial charge in [0, 0.05) is 10.9 Å². The Balaban J connectivity index is 1.55. The van der Waals surface area contributed by atoms with Crippen molar-refractivity contribution in [3.63, 3.8) is 0 Å². The van der Waals surface area contributed by atoms with E-state index in [0.29, 0.717) is 17.4 Å². The van der Waals surface area contributed by atoms with E-state index in [4.69, 9.17) is 0 Å². The van der Waals surface area contributed by atoms with Crippen molar-refractivity contribution in [2.24, 2.45) is 0 Å². The van der Waals surface area contributed by atoms with Gasteiger partial charge in [-0.25, -0.2) is 0 Å². The molecule has 160 valence electrons. The van der Waals surface area contributed by atoms with Crippen LogP contribution in [0.25, 0.3) is 0 Å². The summed E-state index contributed by atoms with van der Waals surface area (Å²) in [4.78, 5) is 26.2. The molecule has 2 amide bonds. The molecule has 30 heavy (non-hydrogen) atoms. The highest BCUT2D eigenvalue weighted by molar-refractivity contribution is 8.00. The average molecular weight is 425 g/mol. The third-order valence-corrected chi connectivity index (χ3v) is 6.68. The lowest BCUT2D eigenvalue weighted by Crippen LogP contribution is -2.36. The third-order valence-electron chi connectivity index (χ3n) is 5.61. The predicted octanol–water partition coefficient (Wildman–Crippen LogP) is 5.50. The molecule has 0 aliphatic heterocycles. The number of nitrogens with one attached hydrogen (secondary N) is 2. The van der Waals surface area contributed by atoms with Crippen molar-refractivity contribution >= 4 is 23.6 Å². The van der Waals surface area contributed by atoms with Crippen LogP contribution in [0.4, 0.5) is 0 Å². The maximum Gasteiger partial charge on any atom is 0.252 e. The molecule has 0 heterocycles. The molecule has 0 aromatic heterocycles. The fraction of sp³-hybridized carbons (Fsp3) is 0.440. The number of carbonyl (C=O) groups excluding carboxylic acids is 2. The standard InChI is InChI=1S/C25H32N2O2S/c1-19(20-12-6-5-7-13-20)26-25(29)22-16-10-11-17-23(22)30-18-24(28)27-21-14-8-3-2-4-9-15-21/h5-7,10-13,16-17,19,21H,2-4,8-9,14-15,18H2,1H3,(H,26,29)(H,27,28). The van der Waals surface area contributed by atoms with Gasteiger partial charge in [-0.2, -0.15) is 0 Å². The molecule has 2 N–H and O–H groups in total. The SMILES string of the molecule is CC(NC(=O)c1ccccc1SCC(=O)NC1CCCCCCC1)c1ccccc1. The van der Waals surface area contributed by atoms with E-state index >= 15 is 0 Å². The van der Waals surface area contributed by atoms with Crippen LogP contribution >= 0.6 is 11.8 Å². The zero-order chi connectivity index (χ0) is 21.2. The molecule has 0 radical (unpaired) electrons. The zero-order valence-corrected chi connectivity index (χ0v) is 18.5. The van der Waals surface area contributed by atoms with E-state index in [9.17, 15) is 9.59 Å². The van der Waals surface area contributed by atoms with Gasteiger partial charge in [-0.15, -0.1) is 11.8 Å². The topological polar surface area (TPSA) is 58.2 Å². The number of hydrogen-bond donors (Lipinski definition) is 2. The number of carbonyl (C=O) groups is 2. The second kappa shape index (κ2) is 11.8. The minimum Gasteiger partial charge on any atom is -0.353 e. The molecule has 2 aromatic carbocycles. The maximum absolute atomic E-state index is 12.9. The Morgan fingerprint density at radius 3 is 2.30 bits per heavy atom. The zero-order valence-electron chi connectivity index (χ0n) is 17.7. The first kappa shape index (κ1) is 22.4. The molecule has 1 atom stereocenters. The first-order valence-electron chi connectivity index (χ1n) is 11.0. The predicted molar refractivity (Wildman–Crippen MR) is 124 cm³/mol. The summed E-state index contributed by atoms with van der Waals surface area (Å²) in [5, 5.41) is 6.27. The van der Waals surface area contributed by atoms with Gasteiger partial charge in [0.2, 0.25) is 5.91 Å². The maximum atomic E-state index is 12.9. The number of rotatable bonds is 7. The lowest BCUT2D eigenvalue weighted by molar-refractivity contribution is -0.119. The van der Waals surface area contributed by atoms with Crippen LogP contribution in [0, 0.1) is 0 Å². The van der Waals surface area contributed by atoms with Gasteiger partial charge in [0.15, 0.2) is 0 Å². The molecule has 1 aliphatic carbocycles. The van der Waals surface area contributed by atoms with E-state index in [2.05, 4.69) is 10.6 Å². The average Bonchev–Trinajstić information content (AvgIpc) is 2.75. The fourth-order valence-electron chi connectivity index (χ4n) is 3.89. The molecule has 0 bridgehead atoms. The van der Waals surface area contributed by atoms with E-state index in [1.807, 2.05) is 61.5 Å². The van der Waals surface area contributed by atoms with E-state index in [1.165, 1.54) is 43.9 Å². The molecule has 5 heteroatoms. The van der Waals surface area contributed by atoms with E-state index in [0.717, 1.165) is 23.3 Å². The van der Waals surface area contributed by atoms with Crippen molar-refractivity contribution in [3.8, 4) is 0 Å². The number of thioether (sulfide) groups is 1. The first-order chi connectivity index (χ1) is 14.6. The largest absolute Gasteiger partial charge is 0.353 e. The molecule has 1 fully saturated rings. The summed E-state index contributed by atoms with van der Waals surface area (Å²) < 4.78 is 0. The first-order valence-corrected chi connectivity index (χ1v) is 12.0. The molecule has 1 saturated carbocycles. The molecule has 2 aromatic rings. The van der Waals surface area contributed by atoms with Crippen molar-refractivity contribution in [1.29, 1.82) is 0 Å². The second-order valence-corrected chi connectivity index (χ2v) is 9.02. The van der Waals surface area contributed by atoms with Crippen LogP contribution in [0.15, 0.2) is 59.5 Å². The molecule has 0 saturated heterocycles. The number of amides is 2. The quantitative estimate of drug-likeness (QED) is 0.577. The Kier molecular flexibility index (Phi) is 8.81. The Hall–Kier alpha value is -2.27. The van der Waals surface area contributed by atoms with Crippen LogP contribution < -0.4 is 10.6 Å². The van der Waals surface area contributed by atoms with Gasteiger partial charge in [-0.3, -0.25) is 9.59 Å². The van der Waals surface area contributed by atoms with Crippen LogP contribution in [-0.2, 0) is 4.79 Å². The second-order valence-electron chi connectivity index (χ2n) is 8.00. The van der Waals surface area contributed by atoms with Crippen molar-refractivity contribution in [1.82, 2.24) is 10.6 Å². The molecular formula is C25H32N2O2S. The van der Waals surface area contributed by atoms with Crippen molar-refractivity contribution < 1.29 is 9.59 Å². The summed E-state index contributed by atoms with van der Waals surface area (Å²) in [6.07, 6.45) is 8.40. The minimum atomic E-state index is -0.116. The molecule has 1 aliphatic rings. The lowest BCUT2D eigenvalue weighted by atomic mass is 9.97. The van der Waals surface area contributed by atoms with Crippen LogP contribution in [0.1, 0.15) is 73.8 Å². The van der Waals surface area contributed by atoms with E-state index < -0.39 is 0 Å². The lowest BCUT2D eigenvalue weighted by Gasteiger charge is -2.21. The minimum absolute atomic E-state index is 0.0541. The highest BCUT2D eigenvalue weighted by atomic mass is 32.2. The summed E-state index contributed by atoms with van der Waals surface area (Å²) in [6.45, 7) is 1.98. The highest BCUT2D eigenvalue weighted by Gasteiger charge is 2.17. The molecule has 0 spiro atoms. The van der Waals surface area contributed by atoms with Crippen LogP contribution in [0.5, 0.6) is 0 Å². The van der Waals surface area contributed by atoms with E-state index in [1.54, 1.807) is 0 Å². The van der Waals surface area contributed by atoms with Crippen LogP contribution in [-0.4, -0.2) is 23.6 Å². The van der Waals surface area contributed by atoms with Gasteiger partial charge in [0.1, 0.15) is 0 Å². The Bertz CT molecular complexity index is 817. The molecule has 4 nitrogen and oxygen atoms in total. The normalized spacial score (nSPS) is 16.2. The smallest absolute Gasteiger partial charge is 0.252 e. The fourth-order valence-corrected chi connectivity index (χ4v) is 4.75. The summed E-state index contributed by atoms with van der Waals surface area (Å²) in [7, 11) is 0. The van der Waals surface area contributed by atoms with Crippen LogP contribution in [0.2, 0.25) is 0 Å². The summed E-state index contributed by atoms with van der Waals surface area (Å²) in [5.74, 6) is 0.267. The van der Waals surface area contributed by atoms with Gasteiger partial charge in [0.05, 0.1) is 17.4 Å². The van der Waals surface area contributed by atoms with E-state index in [-0.39, 0.29) is 17.9 Å². The summed E-state index contributed by atoms with van der Waals surface area (Å²) >= 11 is 1.43. The third kappa shape index (κ3) is 6.91. The number of benzene rings is 2. The number of hydrogen-bond acceptors (Lipinski definition) is 3. The molecule has 3 rings (SSSR count). The Morgan fingerprint density at radius 1 is 0.933 bits per heavy atom. The van der Waals surface area contributed by atoms with Crippen molar-refractivity contribution in [2.75, 3.05) is 5.75 Å². The molecular weight excluding hydrogens is 392 g/mol. The highest BCUT2D eigenvalue weighted by Crippen LogP contribution is 2.24. The van der Waals surface area contributed by atoms with Gasteiger partial charge < -0.3 is 10.6 Å². The monoisotopic (exact) mass is 424 g/mol. The summed E-state index contributed by atoms with van der Waals surface area (Å²) in [5.41, 5.74) is 1.68. The molecule has 1 unspecified atom stereocenters. The van der Waals surface area contributed by atoms with Gasteiger partial charge in [-0.1, -0.05) is 74.6 Å². The van der Waals surface area contributed by atoms with Crippen LogP contribution in [0.3, 0.4) is 0 Å². The van der Waals surface area contributed by atoms with Crippen molar-refractivity contribution in [3.05, 3.63) is 65.7 Å². The summed E-state index contributed by atoms with van der Waals surface area (Å²) in [6, 6.07) is 17.6. The van der Waals surface area contributed by atoms with Crippen molar-refractivity contribution in [2.45, 2.75) is 68.8 Å². The van der Waals surface area contributed by atoms with Gasteiger partial charge >= 0.3 is 0 Å². The Morgan fingerprint density at radius 2 is 1.57 bits per heavy atom. The van der Waals surface area contributed by atoms with Gasteiger partial charge in [0.25, 0.3) is 5.91 Å². The van der Waals surface area contributed by atoms with Gasteiger partial charge in [-0.05, 0) is 37.5 Å². The Labute approximate surface area is 184 Å².